The minimum Gasteiger partial charge on any atom is -0.495 e. The van der Waals surface area contributed by atoms with Gasteiger partial charge in [-0.05, 0) is 49.2 Å². The smallest absolute Gasteiger partial charge is 0.234 e. The summed E-state index contributed by atoms with van der Waals surface area (Å²) in [5, 5.41) is 3.48. The minimum atomic E-state index is -0.124. The van der Waals surface area contributed by atoms with Gasteiger partial charge in [0.2, 0.25) is 5.91 Å². The second-order valence-electron chi connectivity index (χ2n) is 8.00. The number of aromatic nitrogens is 2. The molecule has 1 aromatic heterocycles. The molecule has 1 amide bonds. The van der Waals surface area contributed by atoms with E-state index in [4.69, 9.17) is 9.72 Å². The molecule has 1 N–H and O–H groups in total. The van der Waals surface area contributed by atoms with E-state index in [0.29, 0.717) is 16.6 Å². The van der Waals surface area contributed by atoms with Gasteiger partial charge in [0.25, 0.3) is 0 Å². The molecule has 0 atom stereocenters. The number of thioether (sulfide) groups is 1. The lowest BCUT2D eigenvalue weighted by atomic mass is 10.1. The van der Waals surface area contributed by atoms with Crippen LogP contribution in [0.1, 0.15) is 11.1 Å². The van der Waals surface area contributed by atoms with Crippen LogP contribution in [0.3, 0.4) is 0 Å². The average molecular weight is 464 g/mol. The summed E-state index contributed by atoms with van der Waals surface area (Å²) in [5.41, 5.74) is 4.56. The predicted molar refractivity (Wildman–Crippen MR) is 135 cm³/mol. The molecule has 33 heavy (non-hydrogen) atoms. The number of benzene rings is 2. The SMILES string of the molecule is COc1ccccc1NC(=O)CSc1nccc(N2CCN(c3cc(C)ccc3C)CC2)n1. The Morgan fingerprint density at radius 2 is 1.82 bits per heavy atom. The predicted octanol–water partition coefficient (Wildman–Crippen LogP) is 4.16. The molecule has 0 bridgehead atoms. The highest BCUT2D eigenvalue weighted by Gasteiger charge is 2.20. The first-order chi connectivity index (χ1) is 16.0. The molecule has 7 nitrogen and oxygen atoms in total. The molecule has 4 rings (SSSR count). The first-order valence-electron chi connectivity index (χ1n) is 11.0. The topological polar surface area (TPSA) is 70.6 Å². The van der Waals surface area contributed by atoms with E-state index < -0.39 is 0 Å². The van der Waals surface area contributed by atoms with Crippen LogP contribution < -0.4 is 19.9 Å². The molecule has 1 fully saturated rings. The molecule has 0 radical (unpaired) electrons. The van der Waals surface area contributed by atoms with Gasteiger partial charge in [-0.1, -0.05) is 36.0 Å². The zero-order valence-electron chi connectivity index (χ0n) is 19.2. The Bertz CT molecular complexity index is 1120. The summed E-state index contributed by atoms with van der Waals surface area (Å²) >= 11 is 1.33. The zero-order valence-corrected chi connectivity index (χ0v) is 20.1. The highest BCUT2D eigenvalue weighted by Crippen LogP contribution is 2.26. The van der Waals surface area contributed by atoms with E-state index >= 15 is 0 Å². The van der Waals surface area contributed by atoms with Gasteiger partial charge in [0.1, 0.15) is 11.6 Å². The molecule has 2 heterocycles. The van der Waals surface area contributed by atoms with Crippen LogP contribution in [0.25, 0.3) is 0 Å². The molecule has 1 aliphatic rings. The van der Waals surface area contributed by atoms with Gasteiger partial charge in [0.05, 0.1) is 18.6 Å². The van der Waals surface area contributed by atoms with Crippen molar-refractivity contribution in [1.82, 2.24) is 9.97 Å². The van der Waals surface area contributed by atoms with Crippen molar-refractivity contribution >= 4 is 34.9 Å². The summed E-state index contributed by atoms with van der Waals surface area (Å²) in [6.45, 7) is 7.97. The molecule has 1 saturated heterocycles. The molecule has 0 unspecified atom stereocenters. The second kappa shape index (κ2) is 10.6. The summed E-state index contributed by atoms with van der Waals surface area (Å²) in [4.78, 5) is 26.2. The largest absolute Gasteiger partial charge is 0.495 e. The summed E-state index contributed by atoms with van der Waals surface area (Å²) in [7, 11) is 1.58. The lowest BCUT2D eigenvalue weighted by Crippen LogP contribution is -2.47. The number of aryl methyl sites for hydroxylation is 2. The van der Waals surface area contributed by atoms with Crippen LogP contribution in [-0.4, -0.2) is 54.9 Å². The Labute approximate surface area is 199 Å². The first-order valence-corrected chi connectivity index (χ1v) is 12.0. The molecule has 172 valence electrons. The molecule has 0 aliphatic carbocycles. The Kier molecular flexibility index (Phi) is 7.34. The van der Waals surface area contributed by atoms with Crippen LogP contribution >= 0.6 is 11.8 Å². The van der Waals surface area contributed by atoms with Gasteiger partial charge in [-0.15, -0.1) is 0 Å². The maximum absolute atomic E-state index is 12.4. The number of carbonyl (C=O) groups excluding carboxylic acids is 1. The van der Waals surface area contributed by atoms with Gasteiger partial charge in [-0.2, -0.15) is 0 Å². The Hall–Kier alpha value is -3.26. The number of carbonyl (C=O) groups is 1. The van der Waals surface area contributed by atoms with Crippen molar-refractivity contribution < 1.29 is 9.53 Å². The van der Waals surface area contributed by atoms with E-state index in [2.05, 4.69) is 52.1 Å². The zero-order chi connectivity index (χ0) is 23.2. The molecule has 8 heteroatoms. The van der Waals surface area contributed by atoms with E-state index in [0.717, 1.165) is 32.0 Å². The van der Waals surface area contributed by atoms with Gasteiger partial charge in [0, 0.05) is 38.1 Å². The third-order valence-electron chi connectivity index (χ3n) is 5.64. The second-order valence-corrected chi connectivity index (χ2v) is 8.94. The van der Waals surface area contributed by atoms with Crippen LogP contribution in [0.15, 0.2) is 59.9 Å². The van der Waals surface area contributed by atoms with Gasteiger partial charge in [0.15, 0.2) is 5.16 Å². The molecule has 3 aromatic rings. The van der Waals surface area contributed by atoms with Crippen LogP contribution in [-0.2, 0) is 4.79 Å². The lowest BCUT2D eigenvalue weighted by molar-refractivity contribution is -0.113. The number of nitrogens with one attached hydrogen (secondary N) is 1. The highest BCUT2D eigenvalue weighted by atomic mass is 32.2. The van der Waals surface area contributed by atoms with Crippen molar-refractivity contribution in [2.45, 2.75) is 19.0 Å². The first kappa shape index (κ1) is 22.9. The number of hydrogen-bond acceptors (Lipinski definition) is 7. The van der Waals surface area contributed by atoms with E-state index in [1.54, 1.807) is 13.3 Å². The fraction of sp³-hybridized carbons (Fsp3) is 0.320. The summed E-state index contributed by atoms with van der Waals surface area (Å²) in [5.74, 6) is 1.63. The van der Waals surface area contributed by atoms with E-state index in [9.17, 15) is 4.79 Å². The molecule has 0 saturated carbocycles. The third kappa shape index (κ3) is 5.76. The van der Waals surface area contributed by atoms with Gasteiger partial charge in [-0.3, -0.25) is 4.79 Å². The monoisotopic (exact) mass is 463 g/mol. The van der Waals surface area contributed by atoms with Crippen molar-refractivity contribution in [2.75, 3.05) is 54.2 Å². The van der Waals surface area contributed by atoms with Crippen LogP contribution in [0, 0.1) is 13.8 Å². The van der Waals surface area contributed by atoms with Crippen molar-refractivity contribution in [3.05, 3.63) is 65.9 Å². The van der Waals surface area contributed by atoms with Crippen molar-refractivity contribution in [2.24, 2.45) is 0 Å². The minimum absolute atomic E-state index is 0.124. The fourth-order valence-electron chi connectivity index (χ4n) is 3.88. The quantitative estimate of drug-likeness (QED) is 0.417. The Morgan fingerprint density at radius 3 is 2.61 bits per heavy atom. The summed E-state index contributed by atoms with van der Waals surface area (Å²) < 4.78 is 5.28. The van der Waals surface area contributed by atoms with E-state index in [1.807, 2.05) is 30.3 Å². The molecular formula is C25H29N5O2S. The number of amides is 1. The fourth-order valence-corrected chi connectivity index (χ4v) is 4.50. The van der Waals surface area contributed by atoms with Crippen LogP contribution in [0.2, 0.25) is 0 Å². The molecule has 2 aromatic carbocycles. The average Bonchev–Trinajstić information content (AvgIpc) is 2.85. The van der Waals surface area contributed by atoms with Crippen LogP contribution in [0.5, 0.6) is 5.75 Å². The number of methoxy groups -OCH3 is 1. The standard InChI is InChI=1S/C25H29N5O2S/c1-18-8-9-19(2)21(16-18)29-12-14-30(15-13-29)23-10-11-26-25(28-23)33-17-24(31)27-20-6-4-5-7-22(20)32-3/h4-11,16H,12-15,17H2,1-3H3,(H,27,31). The Morgan fingerprint density at radius 1 is 1.06 bits per heavy atom. The molecule has 1 aliphatic heterocycles. The normalized spacial score (nSPS) is 13.7. The Balaban J connectivity index is 1.33. The maximum Gasteiger partial charge on any atom is 0.234 e. The van der Waals surface area contributed by atoms with Gasteiger partial charge >= 0.3 is 0 Å². The number of ether oxygens (including phenoxy) is 1. The molecular weight excluding hydrogens is 434 g/mol. The van der Waals surface area contributed by atoms with Gasteiger partial charge < -0.3 is 19.9 Å². The van der Waals surface area contributed by atoms with Crippen LogP contribution in [0.4, 0.5) is 17.2 Å². The van der Waals surface area contributed by atoms with E-state index in [-0.39, 0.29) is 11.7 Å². The third-order valence-corrected chi connectivity index (χ3v) is 6.50. The van der Waals surface area contributed by atoms with Crippen molar-refractivity contribution in [3.8, 4) is 5.75 Å². The number of para-hydroxylation sites is 2. The molecule has 0 spiro atoms. The maximum atomic E-state index is 12.4. The lowest BCUT2D eigenvalue weighted by Gasteiger charge is -2.37. The summed E-state index contributed by atoms with van der Waals surface area (Å²) in [6.07, 6.45) is 1.76. The number of nitrogens with zero attached hydrogens (tertiary/aromatic N) is 4. The number of piperazine rings is 1. The number of rotatable bonds is 7. The number of hydrogen-bond donors (Lipinski definition) is 1. The number of anilines is 3. The van der Waals surface area contributed by atoms with Gasteiger partial charge in [-0.25, -0.2) is 9.97 Å². The summed E-state index contributed by atoms with van der Waals surface area (Å²) in [6, 6.07) is 15.9. The van der Waals surface area contributed by atoms with E-state index in [1.165, 1.54) is 28.6 Å². The van der Waals surface area contributed by atoms with Crippen molar-refractivity contribution in [1.29, 1.82) is 0 Å². The van der Waals surface area contributed by atoms with Crippen molar-refractivity contribution in [3.63, 3.8) is 0 Å². The highest BCUT2D eigenvalue weighted by molar-refractivity contribution is 7.99.